The van der Waals surface area contributed by atoms with Crippen molar-refractivity contribution in [1.29, 1.82) is 0 Å². The summed E-state index contributed by atoms with van der Waals surface area (Å²) >= 11 is 1.40. The van der Waals surface area contributed by atoms with Crippen molar-refractivity contribution < 1.29 is 4.79 Å². The molecule has 0 atom stereocenters. The third kappa shape index (κ3) is 4.45. The fourth-order valence-electron chi connectivity index (χ4n) is 3.78. The second kappa shape index (κ2) is 8.53. The number of hydrogen-bond acceptors (Lipinski definition) is 5. The first kappa shape index (κ1) is 19.9. The van der Waals surface area contributed by atoms with E-state index < -0.39 is 0 Å². The van der Waals surface area contributed by atoms with E-state index in [0.29, 0.717) is 22.6 Å². The smallest absolute Gasteiger partial charge is 0.253 e. The number of carbonyl (C=O) groups is 1. The van der Waals surface area contributed by atoms with Gasteiger partial charge in [0.05, 0.1) is 5.75 Å². The number of carbonyl (C=O) groups excluding carboxylic acids is 1. The molecule has 3 heterocycles. The van der Waals surface area contributed by atoms with E-state index in [-0.39, 0.29) is 5.91 Å². The van der Waals surface area contributed by atoms with E-state index in [0.717, 1.165) is 43.7 Å². The van der Waals surface area contributed by atoms with Gasteiger partial charge in [0, 0.05) is 30.9 Å². The van der Waals surface area contributed by atoms with Gasteiger partial charge in [-0.25, -0.2) is 9.50 Å². The van der Waals surface area contributed by atoms with Gasteiger partial charge in [0.15, 0.2) is 0 Å². The molecule has 7 heteroatoms. The summed E-state index contributed by atoms with van der Waals surface area (Å²) in [6, 6.07) is 10.4. The summed E-state index contributed by atoms with van der Waals surface area (Å²) in [6.45, 7) is 8.06. The Hall–Kier alpha value is -2.41. The minimum atomic E-state index is 0.173. The first-order valence-corrected chi connectivity index (χ1v) is 11.2. The number of amides is 1. The number of aryl methyl sites for hydroxylation is 2. The van der Waals surface area contributed by atoms with Crippen LogP contribution in [-0.4, -0.2) is 49.2 Å². The number of likely N-dealkylation sites (tertiary alicyclic amines) is 1. The van der Waals surface area contributed by atoms with Crippen molar-refractivity contribution in [2.24, 2.45) is 5.92 Å². The zero-order chi connectivity index (χ0) is 20.4. The van der Waals surface area contributed by atoms with Gasteiger partial charge in [0.1, 0.15) is 0 Å². The van der Waals surface area contributed by atoms with Crippen molar-refractivity contribution in [2.75, 3.05) is 18.8 Å². The molecule has 1 aliphatic heterocycles. The number of hydrogen-bond donors (Lipinski definition) is 0. The van der Waals surface area contributed by atoms with Crippen molar-refractivity contribution in [3.05, 3.63) is 52.8 Å². The van der Waals surface area contributed by atoms with Gasteiger partial charge < -0.3 is 4.90 Å². The molecule has 4 rings (SSSR count). The molecule has 6 nitrogen and oxygen atoms in total. The fraction of sp³-hybridized carbons (Fsp3) is 0.455. The van der Waals surface area contributed by atoms with Gasteiger partial charge >= 0.3 is 0 Å². The van der Waals surface area contributed by atoms with Crippen LogP contribution in [0.4, 0.5) is 0 Å². The summed E-state index contributed by atoms with van der Waals surface area (Å²) in [4.78, 5) is 23.7. The monoisotopic (exact) mass is 409 g/mol. The van der Waals surface area contributed by atoms with Crippen LogP contribution in [0.1, 0.15) is 42.3 Å². The normalized spacial score (nSPS) is 15.2. The molecular weight excluding hydrogens is 382 g/mol. The Morgan fingerprint density at radius 1 is 1.14 bits per heavy atom. The minimum Gasteiger partial charge on any atom is -0.342 e. The summed E-state index contributed by atoms with van der Waals surface area (Å²) in [7, 11) is 0. The van der Waals surface area contributed by atoms with Gasteiger partial charge in [0.2, 0.25) is 11.1 Å². The lowest BCUT2D eigenvalue weighted by atomic mass is 9.99. The zero-order valence-electron chi connectivity index (χ0n) is 17.3. The molecular formula is C22H27N5OS. The molecule has 1 fully saturated rings. The highest BCUT2D eigenvalue weighted by atomic mass is 32.2. The van der Waals surface area contributed by atoms with Crippen molar-refractivity contribution in [1.82, 2.24) is 24.5 Å². The van der Waals surface area contributed by atoms with Crippen LogP contribution in [0, 0.1) is 19.8 Å². The van der Waals surface area contributed by atoms with Crippen LogP contribution in [0.2, 0.25) is 0 Å². The molecule has 3 aromatic rings. The summed E-state index contributed by atoms with van der Waals surface area (Å²) in [6.07, 6.45) is 3.00. The Morgan fingerprint density at radius 2 is 1.86 bits per heavy atom. The predicted molar refractivity (Wildman–Crippen MR) is 115 cm³/mol. The second-order valence-corrected chi connectivity index (χ2v) is 8.82. The fourth-order valence-corrected chi connectivity index (χ4v) is 4.50. The molecule has 1 aromatic carbocycles. The van der Waals surface area contributed by atoms with Crippen LogP contribution in [0.25, 0.3) is 5.78 Å². The molecule has 152 valence electrons. The Bertz CT molecular complexity index is 1010. The van der Waals surface area contributed by atoms with Crippen LogP contribution in [-0.2, 0) is 11.2 Å². The van der Waals surface area contributed by atoms with E-state index >= 15 is 0 Å². The molecule has 0 unspecified atom stereocenters. The average Bonchev–Trinajstić information content (AvgIpc) is 3.13. The molecule has 0 spiro atoms. The predicted octanol–water partition coefficient (Wildman–Crippen LogP) is 3.68. The highest BCUT2D eigenvalue weighted by molar-refractivity contribution is 7.99. The second-order valence-electron chi connectivity index (χ2n) is 7.88. The molecule has 1 saturated heterocycles. The maximum Gasteiger partial charge on any atom is 0.253 e. The van der Waals surface area contributed by atoms with E-state index in [1.54, 1.807) is 4.52 Å². The lowest BCUT2D eigenvalue weighted by Gasteiger charge is -2.30. The Morgan fingerprint density at radius 3 is 2.59 bits per heavy atom. The van der Waals surface area contributed by atoms with Crippen LogP contribution < -0.4 is 0 Å². The van der Waals surface area contributed by atoms with E-state index in [4.69, 9.17) is 0 Å². The molecule has 0 bridgehead atoms. The topological polar surface area (TPSA) is 63.4 Å². The van der Waals surface area contributed by atoms with Crippen LogP contribution in [0.3, 0.4) is 0 Å². The van der Waals surface area contributed by atoms with Gasteiger partial charge in [-0.15, -0.1) is 5.10 Å². The first-order chi connectivity index (χ1) is 14.0. The highest BCUT2D eigenvalue weighted by Gasteiger charge is 2.21. The minimum absolute atomic E-state index is 0.173. The van der Waals surface area contributed by atoms with Gasteiger partial charge in [-0.1, -0.05) is 49.0 Å². The number of nitrogens with zero attached hydrogens (tertiary/aromatic N) is 5. The third-order valence-corrected chi connectivity index (χ3v) is 6.54. The standard InChI is InChI=1S/C22H27N5OS/c1-15-9-11-26(12-10-15)20(28)14-29-22-24-21-23-16(2)19(17(3)27(21)25-22)13-18-7-5-4-6-8-18/h4-8,15H,9-14H2,1-3H3. The van der Waals surface area contributed by atoms with Crippen LogP contribution in [0.5, 0.6) is 0 Å². The molecule has 0 N–H and O–H groups in total. The quantitative estimate of drug-likeness (QED) is 0.602. The van der Waals surface area contributed by atoms with E-state index in [9.17, 15) is 4.79 Å². The third-order valence-electron chi connectivity index (χ3n) is 5.71. The number of thioether (sulfide) groups is 1. The van der Waals surface area contributed by atoms with Crippen LogP contribution >= 0.6 is 11.8 Å². The number of fused-ring (bicyclic) bond motifs is 1. The van der Waals surface area contributed by atoms with Crippen molar-refractivity contribution in [3.8, 4) is 0 Å². The average molecular weight is 410 g/mol. The Labute approximate surface area is 175 Å². The maximum absolute atomic E-state index is 12.5. The van der Waals surface area contributed by atoms with Gasteiger partial charge in [-0.05, 0) is 43.7 Å². The highest BCUT2D eigenvalue weighted by Crippen LogP contribution is 2.22. The molecule has 0 saturated carbocycles. The summed E-state index contributed by atoms with van der Waals surface area (Å²) < 4.78 is 1.81. The number of aromatic nitrogens is 4. The molecule has 0 aliphatic carbocycles. The molecule has 2 aromatic heterocycles. The maximum atomic E-state index is 12.5. The molecule has 29 heavy (non-hydrogen) atoms. The van der Waals surface area contributed by atoms with E-state index in [2.05, 4.69) is 53.2 Å². The SMILES string of the molecule is Cc1nc2nc(SCC(=O)N3CCC(C)CC3)nn2c(C)c1Cc1ccccc1. The zero-order valence-corrected chi connectivity index (χ0v) is 18.1. The number of rotatable bonds is 5. The summed E-state index contributed by atoms with van der Waals surface area (Å²) in [5.41, 5.74) is 4.44. The van der Waals surface area contributed by atoms with Gasteiger partial charge in [-0.2, -0.15) is 4.98 Å². The van der Waals surface area contributed by atoms with Crippen molar-refractivity contribution in [3.63, 3.8) is 0 Å². The number of benzene rings is 1. The summed E-state index contributed by atoms with van der Waals surface area (Å²) in [5.74, 6) is 1.86. The number of piperidine rings is 1. The first-order valence-electron chi connectivity index (χ1n) is 10.2. The lowest BCUT2D eigenvalue weighted by Crippen LogP contribution is -2.38. The van der Waals surface area contributed by atoms with Crippen LogP contribution in [0.15, 0.2) is 35.5 Å². The molecule has 1 amide bonds. The summed E-state index contributed by atoms with van der Waals surface area (Å²) in [5, 5.41) is 5.23. The Balaban J connectivity index is 1.49. The Kier molecular flexibility index (Phi) is 5.85. The van der Waals surface area contributed by atoms with Crippen molar-refractivity contribution in [2.45, 2.75) is 45.2 Å². The lowest BCUT2D eigenvalue weighted by molar-refractivity contribution is -0.129. The van der Waals surface area contributed by atoms with Crippen molar-refractivity contribution >= 4 is 23.4 Å². The molecule has 0 radical (unpaired) electrons. The largest absolute Gasteiger partial charge is 0.342 e. The van der Waals surface area contributed by atoms with Gasteiger partial charge in [-0.3, -0.25) is 4.79 Å². The van der Waals surface area contributed by atoms with E-state index in [1.165, 1.54) is 22.9 Å². The molecule has 1 aliphatic rings. The van der Waals surface area contributed by atoms with E-state index in [1.807, 2.05) is 17.9 Å². The van der Waals surface area contributed by atoms with Gasteiger partial charge in [0.25, 0.3) is 5.78 Å².